The minimum absolute atomic E-state index is 0.0797. The Balaban J connectivity index is 1.31. The number of aromatic amines is 1. The first-order chi connectivity index (χ1) is 14.8. The van der Waals surface area contributed by atoms with Crippen molar-refractivity contribution >= 4 is 22.5 Å². The molecular weight excluding hydrogens is 386 g/mol. The van der Waals surface area contributed by atoms with Crippen molar-refractivity contribution in [1.82, 2.24) is 14.5 Å². The minimum Gasteiger partial charge on any atom is -0.305 e. The first-order valence-electron chi connectivity index (χ1n) is 11.1. The zero-order valence-electron chi connectivity index (χ0n) is 18.6. The summed E-state index contributed by atoms with van der Waals surface area (Å²) in [4.78, 5) is 30.2. The number of para-hydroxylation sites is 2. The van der Waals surface area contributed by atoms with Crippen molar-refractivity contribution in [2.45, 2.75) is 45.4 Å². The molecule has 1 N–H and O–H groups in total. The van der Waals surface area contributed by atoms with Crippen molar-refractivity contribution < 1.29 is 4.79 Å². The number of Topliss-reactive ketones (excluding diaryl/α,β-unsaturated/α-hetero) is 1. The van der Waals surface area contributed by atoms with Crippen LogP contribution in [0.15, 0.2) is 59.4 Å². The highest BCUT2D eigenvalue weighted by Gasteiger charge is 2.17. The van der Waals surface area contributed by atoms with E-state index in [1.807, 2.05) is 36.4 Å². The van der Waals surface area contributed by atoms with E-state index in [1.54, 1.807) is 4.57 Å². The molecule has 0 saturated carbocycles. The maximum absolute atomic E-state index is 12.5. The summed E-state index contributed by atoms with van der Waals surface area (Å²) in [6.45, 7) is 9.12. The van der Waals surface area contributed by atoms with Crippen LogP contribution < -0.4 is 5.69 Å². The van der Waals surface area contributed by atoms with E-state index in [2.05, 4.69) is 48.9 Å². The van der Waals surface area contributed by atoms with Crippen LogP contribution in [0.5, 0.6) is 0 Å². The van der Waals surface area contributed by atoms with Gasteiger partial charge < -0.3 is 4.98 Å². The van der Waals surface area contributed by atoms with Crippen molar-refractivity contribution in [3.8, 4) is 0 Å². The molecule has 2 heterocycles. The highest BCUT2D eigenvalue weighted by molar-refractivity contribution is 5.96. The Hall–Kier alpha value is -2.92. The van der Waals surface area contributed by atoms with Gasteiger partial charge in [-0.3, -0.25) is 14.3 Å². The van der Waals surface area contributed by atoms with Crippen molar-refractivity contribution in [1.29, 1.82) is 0 Å². The maximum Gasteiger partial charge on any atom is 0.330 e. The highest BCUT2D eigenvalue weighted by Crippen LogP contribution is 2.23. The molecule has 31 heavy (non-hydrogen) atoms. The molecule has 5 heteroatoms. The van der Waals surface area contributed by atoms with E-state index < -0.39 is 0 Å². The smallest absolute Gasteiger partial charge is 0.305 e. The van der Waals surface area contributed by atoms with E-state index in [1.165, 1.54) is 5.56 Å². The lowest BCUT2D eigenvalue weighted by Gasteiger charge is -2.26. The van der Waals surface area contributed by atoms with Crippen molar-refractivity contribution in [3.63, 3.8) is 0 Å². The van der Waals surface area contributed by atoms with E-state index >= 15 is 0 Å². The van der Waals surface area contributed by atoms with Gasteiger partial charge in [-0.1, -0.05) is 63.2 Å². The molecule has 3 aromatic rings. The summed E-state index contributed by atoms with van der Waals surface area (Å²) >= 11 is 0. The number of fused-ring (bicyclic) bond motifs is 1. The molecule has 0 unspecified atom stereocenters. The van der Waals surface area contributed by atoms with E-state index in [-0.39, 0.29) is 16.9 Å². The lowest BCUT2D eigenvalue weighted by atomic mass is 9.86. The van der Waals surface area contributed by atoms with E-state index in [0.717, 1.165) is 54.8 Å². The first kappa shape index (κ1) is 21.3. The fraction of sp³-hybridized carbons (Fsp3) is 0.385. The molecule has 5 nitrogen and oxygen atoms in total. The van der Waals surface area contributed by atoms with Gasteiger partial charge in [0.1, 0.15) is 0 Å². The Morgan fingerprint density at radius 2 is 1.81 bits per heavy atom. The van der Waals surface area contributed by atoms with Crippen molar-refractivity contribution in [2.24, 2.45) is 0 Å². The lowest BCUT2D eigenvalue weighted by molar-refractivity contribution is 0.0975. The molecule has 1 aliphatic heterocycles. The summed E-state index contributed by atoms with van der Waals surface area (Å²) in [5, 5.41) is 0. The van der Waals surface area contributed by atoms with Crippen LogP contribution in [0.1, 0.15) is 56.0 Å². The van der Waals surface area contributed by atoms with Gasteiger partial charge in [0, 0.05) is 37.2 Å². The molecule has 162 valence electrons. The summed E-state index contributed by atoms with van der Waals surface area (Å²) in [6, 6.07) is 15.8. The average molecular weight is 418 g/mol. The normalized spacial score (nSPS) is 15.3. The van der Waals surface area contributed by atoms with Gasteiger partial charge in [-0.15, -0.1) is 0 Å². The molecule has 0 spiro atoms. The van der Waals surface area contributed by atoms with Gasteiger partial charge >= 0.3 is 5.69 Å². The number of hydrogen-bond acceptors (Lipinski definition) is 3. The summed E-state index contributed by atoms with van der Waals surface area (Å²) in [6.07, 6.45) is 4.36. The highest BCUT2D eigenvalue weighted by atomic mass is 16.1. The van der Waals surface area contributed by atoms with Crippen LogP contribution in [-0.4, -0.2) is 39.9 Å². The second-order valence-electron chi connectivity index (χ2n) is 9.38. The number of H-pyrrole nitrogens is 1. The second kappa shape index (κ2) is 8.67. The lowest BCUT2D eigenvalue weighted by Crippen LogP contribution is -2.32. The number of nitrogens with zero attached hydrogens (tertiary/aromatic N) is 2. The van der Waals surface area contributed by atoms with Crippen LogP contribution in [0.4, 0.5) is 0 Å². The predicted molar refractivity (Wildman–Crippen MR) is 127 cm³/mol. The quantitative estimate of drug-likeness (QED) is 0.584. The standard InChI is InChI=1S/C26H31N3O2/c1-26(2,3)20-12-10-19(11-13-20)24(30)9-6-16-28-17-14-21(15-18-28)29-23-8-5-4-7-22(23)27-25(29)31/h4-5,7-8,10-14H,6,9,15-18H2,1-3H3,(H,27,31). The topological polar surface area (TPSA) is 58.1 Å². The van der Waals surface area contributed by atoms with Gasteiger partial charge in [-0.2, -0.15) is 0 Å². The Morgan fingerprint density at radius 3 is 2.48 bits per heavy atom. The average Bonchev–Trinajstić information content (AvgIpc) is 3.09. The molecular formula is C26H31N3O2. The number of benzene rings is 2. The zero-order valence-corrected chi connectivity index (χ0v) is 18.6. The van der Waals surface area contributed by atoms with Gasteiger partial charge in [0.2, 0.25) is 0 Å². The van der Waals surface area contributed by atoms with Gasteiger partial charge in [0.25, 0.3) is 0 Å². The molecule has 0 atom stereocenters. The number of aromatic nitrogens is 2. The number of carbonyl (C=O) groups is 1. The maximum atomic E-state index is 12.5. The monoisotopic (exact) mass is 417 g/mol. The Morgan fingerprint density at radius 1 is 1.06 bits per heavy atom. The fourth-order valence-corrected chi connectivity index (χ4v) is 4.21. The predicted octanol–water partition coefficient (Wildman–Crippen LogP) is 4.84. The molecule has 1 aromatic heterocycles. The van der Waals surface area contributed by atoms with Gasteiger partial charge in [-0.25, -0.2) is 4.79 Å². The van der Waals surface area contributed by atoms with E-state index in [4.69, 9.17) is 0 Å². The van der Waals surface area contributed by atoms with Crippen molar-refractivity contribution in [2.75, 3.05) is 19.6 Å². The van der Waals surface area contributed by atoms with Crippen LogP contribution in [0.3, 0.4) is 0 Å². The summed E-state index contributed by atoms with van der Waals surface area (Å²) in [7, 11) is 0. The SMILES string of the molecule is CC(C)(C)c1ccc(C(=O)CCCN2CC=C(n3c(=O)[nH]c4ccccc43)CC2)cc1. The van der Waals surface area contributed by atoms with E-state index in [0.29, 0.717) is 6.42 Å². The Kier molecular flexibility index (Phi) is 5.96. The van der Waals surface area contributed by atoms with Gasteiger partial charge in [0.05, 0.1) is 11.0 Å². The number of rotatable bonds is 6. The van der Waals surface area contributed by atoms with Crippen LogP contribution in [0.2, 0.25) is 0 Å². The molecule has 0 amide bonds. The Bertz CT molecular complexity index is 1160. The van der Waals surface area contributed by atoms with Crippen LogP contribution >= 0.6 is 0 Å². The van der Waals surface area contributed by atoms with Gasteiger partial charge in [0.15, 0.2) is 5.78 Å². The zero-order chi connectivity index (χ0) is 22.0. The molecule has 0 aliphatic carbocycles. The first-order valence-corrected chi connectivity index (χ1v) is 11.1. The summed E-state index contributed by atoms with van der Waals surface area (Å²) in [5.74, 6) is 0.207. The summed E-state index contributed by atoms with van der Waals surface area (Å²) in [5.41, 5.74) is 4.90. The minimum atomic E-state index is -0.0797. The molecule has 0 radical (unpaired) electrons. The van der Waals surface area contributed by atoms with Crippen LogP contribution in [0.25, 0.3) is 16.7 Å². The number of ketones is 1. The van der Waals surface area contributed by atoms with Crippen molar-refractivity contribution in [3.05, 3.63) is 76.2 Å². The third-order valence-electron chi connectivity index (χ3n) is 6.10. The largest absolute Gasteiger partial charge is 0.330 e. The molecule has 1 aliphatic rings. The second-order valence-corrected chi connectivity index (χ2v) is 9.38. The van der Waals surface area contributed by atoms with Crippen LogP contribution in [-0.2, 0) is 5.41 Å². The molecule has 4 rings (SSSR count). The van der Waals surface area contributed by atoms with Crippen LogP contribution in [0, 0.1) is 0 Å². The number of carbonyl (C=O) groups excluding carboxylic acids is 1. The Labute approximate surface area is 183 Å². The number of imidazole rings is 1. The molecule has 0 bridgehead atoms. The number of hydrogen-bond donors (Lipinski definition) is 1. The van der Waals surface area contributed by atoms with E-state index in [9.17, 15) is 9.59 Å². The molecule has 0 saturated heterocycles. The fourth-order valence-electron chi connectivity index (χ4n) is 4.21. The third kappa shape index (κ3) is 4.72. The summed E-state index contributed by atoms with van der Waals surface area (Å²) < 4.78 is 1.79. The number of nitrogens with one attached hydrogen (secondary N) is 1. The third-order valence-corrected chi connectivity index (χ3v) is 6.10. The molecule has 0 fully saturated rings. The molecule has 2 aromatic carbocycles. The van der Waals surface area contributed by atoms with Gasteiger partial charge in [-0.05, 0) is 36.1 Å².